The molecule has 0 amide bonds. The fourth-order valence-electron chi connectivity index (χ4n) is 1.11. The van der Waals surface area contributed by atoms with Crippen molar-refractivity contribution in [1.82, 2.24) is 19.6 Å². The van der Waals surface area contributed by atoms with E-state index in [-0.39, 0.29) is 5.95 Å². The topological polar surface area (TPSA) is 107 Å². The zero-order valence-corrected chi connectivity index (χ0v) is 7.02. The number of fused-ring (bicyclic) bond motifs is 1. The summed E-state index contributed by atoms with van der Waals surface area (Å²) in [7, 11) is 0. The predicted molar refractivity (Wildman–Crippen MR) is 47.7 cm³/mol. The molecule has 0 aliphatic rings. The van der Waals surface area contributed by atoms with Crippen LogP contribution in [0.5, 0.6) is 0 Å². The minimum atomic E-state index is 0.167. The summed E-state index contributed by atoms with van der Waals surface area (Å²) in [6.45, 7) is 1.85. The van der Waals surface area contributed by atoms with Crippen LogP contribution in [0.25, 0.3) is 5.65 Å². The lowest BCUT2D eigenvalue weighted by Gasteiger charge is -2.01. The van der Waals surface area contributed by atoms with Gasteiger partial charge in [0.05, 0.1) is 5.69 Å². The van der Waals surface area contributed by atoms with Crippen LogP contribution in [-0.4, -0.2) is 19.6 Å². The number of nitrogen functional groups attached to an aromatic ring is 2. The van der Waals surface area contributed by atoms with E-state index in [2.05, 4.69) is 20.5 Å². The van der Waals surface area contributed by atoms with Gasteiger partial charge < -0.3 is 5.73 Å². The molecule has 5 N–H and O–H groups in total. The lowest BCUT2D eigenvalue weighted by molar-refractivity contribution is 0.881. The maximum Gasteiger partial charge on any atom is 0.243 e. The number of hydrazine groups is 1. The van der Waals surface area contributed by atoms with Crippen molar-refractivity contribution in [3.05, 3.63) is 11.8 Å². The molecule has 0 saturated carbocycles. The molecule has 7 heteroatoms. The van der Waals surface area contributed by atoms with Gasteiger partial charge in [-0.1, -0.05) is 0 Å². The Morgan fingerprint density at radius 1 is 1.46 bits per heavy atom. The second kappa shape index (κ2) is 2.56. The first kappa shape index (κ1) is 7.74. The number of aromatic nitrogens is 4. The average molecular weight is 179 g/mol. The van der Waals surface area contributed by atoms with Crippen LogP contribution in [0.3, 0.4) is 0 Å². The molecular weight excluding hydrogens is 170 g/mol. The molecule has 0 spiro atoms. The van der Waals surface area contributed by atoms with Crippen molar-refractivity contribution in [3.8, 4) is 0 Å². The summed E-state index contributed by atoms with van der Waals surface area (Å²) in [6, 6.07) is 1.79. The van der Waals surface area contributed by atoms with E-state index in [9.17, 15) is 0 Å². The number of nitrogens with two attached hydrogens (primary N) is 2. The van der Waals surface area contributed by atoms with Crippen LogP contribution in [0.15, 0.2) is 6.07 Å². The molecule has 2 aromatic heterocycles. The molecule has 68 valence electrons. The fourth-order valence-corrected chi connectivity index (χ4v) is 1.11. The number of nitrogens with one attached hydrogen (secondary N) is 1. The number of hydrogen-bond acceptors (Lipinski definition) is 6. The number of hydrogen-bond donors (Lipinski definition) is 3. The van der Waals surface area contributed by atoms with Crippen molar-refractivity contribution < 1.29 is 0 Å². The zero-order chi connectivity index (χ0) is 9.42. The smallest absolute Gasteiger partial charge is 0.243 e. The third-order valence-corrected chi connectivity index (χ3v) is 1.59. The molecule has 0 saturated heterocycles. The maximum absolute atomic E-state index is 5.45. The summed E-state index contributed by atoms with van der Waals surface area (Å²) < 4.78 is 1.49. The number of nitrogens with zero attached hydrogens (tertiary/aromatic N) is 4. The molecule has 13 heavy (non-hydrogen) atoms. The van der Waals surface area contributed by atoms with Crippen molar-refractivity contribution in [1.29, 1.82) is 0 Å². The first-order valence-corrected chi connectivity index (χ1v) is 3.67. The van der Waals surface area contributed by atoms with Crippen LogP contribution >= 0.6 is 0 Å². The van der Waals surface area contributed by atoms with E-state index >= 15 is 0 Å². The summed E-state index contributed by atoms with van der Waals surface area (Å²) in [6.07, 6.45) is 0. The summed E-state index contributed by atoms with van der Waals surface area (Å²) in [5.41, 5.74) is 9.30. The molecule has 0 unspecified atom stereocenters. The van der Waals surface area contributed by atoms with Crippen LogP contribution in [0.1, 0.15) is 5.69 Å². The van der Waals surface area contributed by atoms with E-state index in [0.717, 1.165) is 5.69 Å². The highest BCUT2D eigenvalue weighted by Crippen LogP contribution is 2.09. The molecule has 0 bridgehead atoms. The van der Waals surface area contributed by atoms with Crippen molar-refractivity contribution >= 4 is 17.5 Å². The third-order valence-electron chi connectivity index (χ3n) is 1.59. The van der Waals surface area contributed by atoms with Gasteiger partial charge in [-0.05, 0) is 6.92 Å². The van der Waals surface area contributed by atoms with E-state index in [0.29, 0.717) is 11.6 Å². The Labute approximate surface area is 73.7 Å². The third kappa shape index (κ3) is 1.14. The van der Waals surface area contributed by atoms with Crippen LogP contribution in [0, 0.1) is 6.92 Å². The monoisotopic (exact) mass is 179 g/mol. The Morgan fingerprint density at radius 3 is 2.92 bits per heavy atom. The molecule has 7 nitrogen and oxygen atoms in total. The van der Waals surface area contributed by atoms with Crippen molar-refractivity contribution in [3.63, 3.8) is 0 Å². The van der Waals surface area contributed by atoms with Gasteiger partial charge in [0.15, 0.2) is 5.65 Å². The van der Waals surface area contributed by atoms with Gasteiger partial charge in [0, 0.05) is 6.07 Å². The van der Waals surface area contributed by atoms with Crippen molar-refractivity contribution in [2.24, 2.45) is 5.84 Å². The summed E-state index contributed by atoms with van der Waals surface area (Å²) in [4.78, 5) is 7.84. The highest BCUT2D eigenvalue weighted by Gasteiger charge is 2.05. The molecule has 2 aromatic rings. The van der Waals surface area contributed by atoms with E-state index in [1.165, 1.54) is 4.52 Å². The van der Waals surface area contributed by atoms with E-state index < -0.39 is 0 Å². The van der Waals surface area contributed by atoms with Crippen LogP contribution in [0.2, 0.25) is 0 Å². The van der Waals surface area contributed by atoms with E-state index in [1.807, 2.05) is 6.92 Å². The van der Waals surface area contributed by atoms with Gasteiger partial charge in [0.1, 0.15) is 0 Å². The number of aryl methyl sites for hydroxylation is 1. The molecule has 0 radical (unpaired) electrons. The Balaban J connectivity index is 2.80. The lowest BCUT2D eigenvalue weighted by atomic mass is 10.5. The SMILES string of the molecule is Cc1cc2nc(N)nc(NN)n2n1. The fraction of sp³-hybridized carbons (Fsp3) is 0.167. The van der Waals surface area contributed by atoms with Crippen LogP contribution in [-0.2, 0) is 0 Å². The zero-order valence-electron chi connectivity index (χ0n) is 7.02. The highest BCUT2D eigenvalue weighted by molar-refractivity contribution is 5.48. The summed E-state index contributed by atoms with van der Waals surface area (Å²) >= 11 is 0. The Morgan fingerprint density at radius 2 is 2.23 bits per heavy atom. The second-order valence-corrected chi connectivity index (χ2v) is 2.61. The summed E-state index contributed by atoms with van der Waals surface area (Å²) in [5.74, 6) is 5.78. The normalized spacial score (nSPS) is 10.6. The Hall–Kier alpha value is -1.89. The standard InChI is InChI=1S/C6H9N7/c1-3-2-4-9-5(7)10-6(11-8)13(4)12-3/h2H,8H2,1H3,(H3,7,9,10,11). The molecule has 0 atom stereocenters. The second-order valence-electron chi connectivity index (χ2n) is 2.61. The van der Waals surface area contributed by atoms with Crippen molar-refractivity contribution in [2.75, 3.05) is 11.2 Å². The van der Waals surface area contributed by atoms with E-state index in [1.54, 1.807) is 6.07 Å². The van der Waals surface area contributed by atoms with Gasteiger partial charge in [-0.3, -0.25) is 5.43 Å². The average Bonchev–Trinajstić information content (AvgIpc) is 2.43. The first-order chi connectivity index (χ1) is 6.20. The summed E-state index contributed by atoms with van der Waals surface area (Å²) in [5, 5.41) is 4.12. The van der Waals surface area contributed by atoms with Gasteiger partial charge in [-0.15, -0.1) is 0 Å². The number of rotatable bonds is 1. The van der Waals surface area contributed by atoms with E-state index in [4.69, 9.17) is 11.6 Å². The van der Waals surface area contributed by atoms with Gasteiger partial charge in [0.25, 0.3) is 0 Å². The predicted octanol–water partition coefficient (Wildman–Crippen LogP) is -0.699. The molecule has 0 aliphatic carbocycles. The molecule has 0 aromatic carbocycles. The molecule has 0 aliphatic heterocycles. The first-order valence-electron chi connectivity index (χ1n) is 3.67. The molecule has 2 rings (SSSR count). The van der Waals surface area contributed by atoms with Gasteiger partial charge in [-0.2, -0.15) is 19.6 Å². The van der Waals surface area contributed by atoms with Crippen LogP contribution in [0.4, 0.5) is 11.9 Å². The quantitative estimate of drug-likeness (QED) is 0.394. The highest BCUT2D eigenvalue weighted by atomic mass is 15.4. The minimum absolute atomic E-state index is 0.167. The van der Waals surface area contributed by atoms with Gasteiger partial charge in [-0.25, -0.2) is 5.84 Å². The largest absolute Gasteiger partial charge is 0.368 e. The Kier molecular flexibility index (Phi) is 1.52. The van der Waals surface area contributed by atoms with Gasteiger partial charge >= 0.3 is 0 Å². The minimum Gasteiger partial charge on any atom is -0.368 e. The van der Waals surface area contributed by atoms with Crippen LogP contribution < -0.4 is 17.0 Å². The molecular formula is C6H9N7. The Bertz CT molecular complexity index is 445. The number of anilines is 2. The van der Waals surface area contributed by atoms with Crippen molar-refractivity contribution in [2.45, 2.75) is 6.92 Å². The molecule has 2 heterocycles. The lowest BCUT2D eigenvalue weighted by Crippen LogP contribution is -2.15. The molecule has 0 fully saturated rings. The maximum atomic E-state index is 5.45. The van der Waals surface area contributed by atoms with Gasteiger partial charge in [0.2, 0.25) is 11.9 Å².